The van der Waals surface area contributed by atoms with Crippen LogP contribution in [0.1, 0.15) is 43.0 Å². The number of Topliss-reactive ketones (excluding diaryl/α,β-unsaturated/α-hetero) is 1. The number of halogens is 2. The molecule has 3 aromatic carbocycles. The van der Waals surface area contributed by atoms with Crippen molar-refractivity contribution in [2.24, 2.45) is 0 Å². The van der Waals surface area contributed by atoms with Crippen molar-refractivity contribution in [1.29, 1.82) is 0 Å². The monoisotopic (exact) mass is 391 g/mol. The SMILES string of the molecule is Cc1ccc(C2(C(F)(F)C(=O)c3ccccc3)NC(=O)c3ccccc32)cc1C. The molecule has 1 atom stereocenters. The number of hydrogen-bond acceptors (Lipinski definition) is 2. The molecule has 3 nitrogen and oxygen atoms in total. The molecule has 0 saturated carbocycles. The van der Waals surface area contributed by atoms with Crippen LogP contribution in [0.15, 0.2) is 72.8 Å². The molecule has 1 aliphatic heterocycles. The zero-order valence-electron chi connectivity index (χ0n) is 16.0. The highest BCUT2D eigenvalue weighted by atomic mass is 19.3. The minimum absolute atomic E-state index is 0.0996. The molecule has 0 saturated heterocycles. The lowest BCUT2D eigenvalue weighted by Crippen LogP contribution is -2.58. The minimum atomic E-state index is -3.92. The van der Waals surface area contributed by atoms with E-state index in [1.54, 1.807) is 36.4 Å². The Bertz CT molecular complexity index is 1120. The van der Waals surface area contributed by atoms with E-state index in [2.05, 4.69) is 5.32 Å². The van der Waals surface area contributed by atoms with Crippen LogP contribution in [0.2, 0.25) is 0 Å². The van der Waals surface area contributed by atoms with Gasteiger partial charge in [0.1, 0.15) is 0 Å². The molecule has 1 heterocycles. The Hall–Kier alpha value is -3.34. The summed E-state index contributed by atoms with van der Waals surface area (Å²) in [6.07, 6.45) is 0. The molecule has 1 N–H and O–H groups in total. The Morgan fingerprint density at radius 1 is 0.897 bits per heavy atom. The average Bonchev–Trinajstić information content (AvgIpc) is 3.04. The van der Waals surface area contributed by atoms with Gasteiger partial charge in [-0.05, 0) is 36.6 Å². The van der Waals surface area contributed by atoms with Gasteiger partial charge in [-0.25, -0.2) is 0 Å². The van der Waals surface area contributed by atoms with Crippen LogP contribution in [-0.2, 0) is 5.54 Å². The van der Waals surface area contributed by atoms with Crippen LogP contribution in [0.4, 0.5) is 8.78 Å². The molecule has 1 aliphatic rings. The van der Waals surface area contributed by atoms with E-state index in [0.717, 1.165) is 11.1 Å². The van der Waals surface area contributed by atoms with E-state index in [1.807, 2.05) is 13.8 Å². The lowest BCUT2D eigenvalue weighted by Gasteiger charge is -2.37. The maximum absolute atomic E-state index is 16.1. The molecule has 1 amide bonds. The molecule has 29 heavy (non-hydrogen) atoms. The Balaban J connectivity index is 2.01. The van der Waals surface area contributed by atoms with Crippen LogP contribution < -0.4 is 5.32 Å². The number of carbonyl (C=O) groups excluding carboxylic acids is 2. The van der Waals surface area contributed by atoms with Crippen LogP contribution >= 0.6 is 0 Å². The first-order chi connectivity index (χ1) is 13.8. The zero-order chi connectivity index (χ0) is 20.8. The summed E-state index contributed by atoms with van der Waals surface area (Å²) in [7, 11) is 0. The molecule has 5 heteroatoms. The first kappa shape index (κ1) is 19.0. The van der Waals surface area contributed by atoms with Gasteiger partial charge in [0.25, 0.3) is 5.91 Å². The lowest BCUT2D eigenvalue weighted by molar-refractivity contribution is -0.0411. The third kappa shape index (κ3) is 2.69. The summed E-state index contributed by atoms with van der Waals surface area (Å²) >= 11 is 0. The molecule has 0 spiro atoms. The molecule has 0 aromatic heterocycles. The van der Waals surface area contributed by atoms with E-state index in [9.17, 15) is 9.59 Å². The van der Waals surface area contributed by atoms with Gasteiger partial charge in [-0.15, -0.1) is 0 Å². The second-order valence-corrected chi connectivity index (χ2v) is 7.32. The highest BCUT2D eigenvalue weighted by Crippen LogP contribution is 2.49. The van der Waals surface area contributed by atoms with Gasteiger partial charge < -0.3 is 5.32 Å². The topological polar surface area (TPSA) is 46.2 Å². The number of aryl methyl sites for hydroxylation is 2. The summed E-state index contributed by atoms with van der Waals surface area (Å²) in [6, 6.07) is 18.5. The van der Waals surface area contributed by atoms with E-state index in [4.69, 9.17) is 0 Å². The number of carbonyl (C=O) groups is 2. The second kappa shape index (κ2) is 6.62. The summed E-state index contributed by atoms with van der Waals surface area (Å²) in [5, 5.41) is 2.48. The van der Waals surface area contributed by atoms with Crippen molar-refractivity contribution in [3.8, 4) is 0 Å². The Morgan fingerprint density at radius 2 is 1.55 bits per heavy atom. The number of ketones is 1. The average molecular weight is 391 g/mol. The maximum Gasteiger partial charge on any atom is 0.340 e. The molecule has 0 aliphatic carbocycles. The smallest absolute Gasteiger partial charge is 0.333 e. The van der Waals surface area contributed by atoms with E-state index >= 15 is 8.78 Å². The van der Waals surface area contributed by atoms with Gasteiger partial charge in [0.05, 0.1) is 0 Å². The van der Waals surface area contributed by atoms with Crippen molar-refractivity contribution in [1.82, 2.24) is 5.32 Å². The summed E-state index contributed by atoms with van der Waals surface area (Å²) in [6.45, 7) is 3.69. The van der Waals surface area contributed by atoms with Crippen molar-refractivity contribution < 1.29 is 18.4 Å². The van der Waals surface area contributed by atoms with Crippen LogP contribution in [0, 0.1) is 13.8 Å². The summed E-state index contributed by atoms with van der Waals surface area (Å²) in [5.74, 6) is -5.88. The molecule has 0 bridgehead atoms. The van der Waals surface area contributed by atoms with E-state index in [1.165, 1.54) is 36.4 Å². The fourth-order valence-corrected chi connectivity index (χ4v) is 3.89. The van der Waals surface area contributed by atoms with E-state index < -0.39 is 23.2 Å². The molecule has 0 radical (unpaired) electrons. The third-order valence-electron chi connectivity index (χ3n) is 5.61. The van der Waals surface area contributed by atoms with Gasteiger partial charge in [-0.3, -0.25) is 9.59 Å². The summed E-state index contributed by atoms with van der Waals surface area (Å²) in [5.41, 5.74) is -0.254. The molecule has 146 valence electrons. The first-order valence-corrected chi connectivity index (χ1v) is 9.26. The highest BCUT2D eigenvalue weighted by molar-refractivity contribution is 6.07. The fourth-order valence-electron chi connectivity index (χ4n) is 3.89. The van der Waals surface area contributed by atoms with Gasteiger partial charge in [-0.2, -0.15) is 8.78 Å². The molecule has 4 rings (SSSR count). The number of hydrogen-bond donors (Lipinski definition) is 1. The van der Waals surface area contributed by atoms with Crippen LogP contribution in [0.3, 0.4) is 0 Å². The molecule has 0 fully saturated rings. The highest BCUT2D eigenvalue weighted by Gasteiger charge is 2.65. The molecule has 1 unspecified atom stereocenters. The second-order valence-electron chi connectivity index (χ2n) is 7.32. The van der Waals surface area contributed by atoms with E-state index in [0.29, 0.717) is 0 Å². The standard InChI is InChI=1S/C24H19F2NO2/c1-15-12-13-18(14-16(15)2)23(20-11-7-6-10-19(20)22(29)27-23)24(25,26)21(28)17-8-4-3-5-9-17/h3-14H,1-2H3,(H,27,29). The summed E-state index contributed by atoms with van der Waals surface area (Å²) in [4.78, 5) is 25.7. The molecular weight excluding hydrogens is 372 g/mol. The number of alkyl halides is 2. The van der Waals surface area contributed by atoms with Crippen molar-refractivity contribution >= 4 is 11.7 Å². The van der Waals surface area contributed by atoms with Crippen molar-refractivity contribution in [2.75, 3.05) is 0 Å². The van der Waals surface area contributed by atoms with Crippen LogP contribution in [0.5, 0.6) is 0 Å². The number of fused-ring (bicyclic) bond motifs is 1. The number of rotatable bonds is 4. The van der Waals surface area contributed by atoms with E-state index in [-0.39, 0.29) is 22.3 Å². The predicted octanol–water partition coefficient (Wildman–Crippen LogP) is 4.81. The fraction of sp³-hybridized carbons (Fsp3) is 0.167. The van der Waals surface area contributed by atoms with Crippen LogP contribution in [0.25, 0.3) is 0 Å². The lowest BCUT2D eigenvalue weighted by atomic mass is 9.75. The normalized spacial score (nSPS) is 18.3. The summed E-state index contributed by atoms with van der Waals surface area (Å²) < 4.78 is 32.1. The number of benzene rings is 3. The zero-order valence-corrected chi connectivity index (χ0v) is 16.0. The van der Waals surface area contributed by atoms with Gasteiger partial charge >= 0.3 is 5.92 Å². The maximum atomic E-state index is 16.1. The van der Waals surface area contributed by atoms with Crippen molar-refractivity contribution in [3.63, 3.8) is 0 Å². The number of nitrogens with one attached hydrogen (secondary N) is 1. The Labute approximate surface area is 167 Å². The molecular formula is C24H19F2NO2. The third-order valence-corrected chi connectivity index (χ3v) is 5.61. The van der Waals surface area contributed by atoms with Crippen molar-refractivity contribution in [3.05, 3.63) is 106 Å². The number of amides is 1. The molecule has 3 aromatic rings. The van der Waals surface area contributed by atoms with Gasteiger partial charge in [0, 0.05) is 16.7 Å². The first-order valence-electron chi connectivity index (χ1n) is 9.26. The Kier molecular flexibility index (Phi) is 4.34. The predicted molar refractivity (Wildman–Crippen MR) is 106 cm³/mol. The van der Waals surface area contributed by atoms with Gasteiger partial charge in [-0.1, -0.05) is 66.7 Å². The van der Waals surface area contributed by atoms with Crippen molar-refractivity contribution in [2.45, 2.75) is 25.3 Å². The largest absolute Gasteiger partial charge is 0.340 e. The quantitative estimate of drug-likeness (QED) is 0.649. The minimum Gasteiger partial charge on any atom is -0.333 e. The van der Waals surface area contributed by atoms with Gasteiger partial charge in [0.2, 0.25) is 5.78 Å². The van der Waals surface area contributed by atoms with Gasteiger partial charge in [0.15, 0.2) is 5.54 Å². The Morgan fingerprint density at radius 3 is 2.24 bits per heavy atom. The van der Waals surface area contributed by atoms with Crippen LogP contribution in [-0.4, -0.2) is 17.6 Å².